The van der Waals surface area contributed by atoms with Crippen molar-refractivity contribution in [1.29, 1.82) is 0 Å². The number of carbonyl (C=O) groups excluding carboxylic acids is 1. The van der Waals surface area contributed by atoms with Crippen LogP contribution in [0.5, 0.6) is 0 Å². The Bertz CT molecular complexity index is 910. The Hall–Kier alpha value is -2.66. The van der Waals surface area contributed by atoms with E-state index in [-0.39, 0.29) is 5.91 Å². The van der Waals surface area contributed by atoms with Gasteiger partial charge in [-0.05, 0) is 43.4 Å². The Morgan fingerprint density at radius 3 is 2.48 bits per heavy atom. The smallest absolute Gasteiger partial charge is 0.259 e. The minimum atomic E-state index is -0.213. The van der Waals surface area contributed by atoms with Gasteiger partial charge in [-0.1, -0.05) is 48.2 Å². The van der Waals surface area contributed by atoms with Crippen LogP contribution in [0.1, 0.15) is 21.5 Å². The van der Waals surface area contributed by atoms with E-state index >= 15 is 0 Å². The van der Waals surface area contributed by atoms with Crippen molar-refractivity contribution < 1.29 is 4.79 Å². The molecule has 0 saturated heterocycles. The molecule has 0 aliphatic carbocycles. The topological polar surface area (TPSA) is 54.9 Å². The van der Waals surface area contributed by atoms with E-state index in [0.717, 1.165) is 16.8 Å². The Morgan fingerprint density at radius 1 is 1.04 bits per heavy atom. The predicted octanol–water partition coefficient (Wildman–Crippen LogP) is 4.73. The molecule has 0 spiro atoms. The molecular formula is C20H19N3OS. The number of hydrogen-bond acceptors (Lipinski definition) is 4. The standard InChI is InChI=1S/C20H19N3OS/c1-13-9-10-16(11-14(13)2)22-19(24)17-12-21-20(25-3)23-18(17)15-7-5-4-6-8-15/h4-12H,1-3H3,(H,22,24). The lowest BCUT2D eigenvalue weighted by Gasteiger charge is -2.11. The van der Waals surface area contributed by atoms with Gasteiger partial charge in [0.15, 0.2) is 5.16 Å². The summed E-state index contributed by atoms with van der Waals surface area (Å²) in [5, 5.41) is 3.59. The zero-order valence-corrected chi connectivity index (χ0v) is 15.2. The predicted molar refractivity (Wildman–Crippen MR) is 103 cm³/mol. The average molecular weight is 349 g/mol. The summed E-state index contributed by atoms with van der Waals surface area (Å²) in [6.45, 7) is 4.07. The Kier molecular flexibility index (Phi) is 5.14. The first-order chi connectivity index (χ1) is 12.1. The third-order valence-electron chi connectivity index (χ3n) is 4.01. The number of benzene rings is 2. The van der Waals surface area contributed by atoms with Crippen molar-refractivity contribution >= 4 is 23.4 Å². The first kappa shape index (κ1) is 17.2. The molecule has 0 aliphatic heterocycles. The van der Waals surface area contributed by atoms with Crippen molar-refractivity contribution in [2.75, 3.05) is 11.6 Å². The van der Waals surface area contributed by atoms with Crippen LogP contribution in [0.4, 0.5) is 5.69 Å². The van der Waals surface area contributed by atoms with Gasteiger partial charge < -0.3 is 5.32 Å². The van der Waals surface area contributed by atoms with Crippen LogP contribution < -0.4 is 5.32 Å². The van der Waals surface area contributed by atoms with Gasteiger partial charge in [0.1, 0.15) is 0 Å². The molecule has 25 heavy (non-hydrogen) atoms. The molecule has 0 saturated carbocycles. The quantitative estimate of drug-likeness (QED) is 0.546. The fourth-order valence-electron chi connectivity index (χ4n) is 2.46. The second-order valence-corrected chi connectivity index (χ2v) is 6.51. The van der Waals surface area contributed by atoms with Crippen molar-refractivity contribution in [3.05, 3.63) is 71.4 Å². The molecule has 0 radical (unpaired) electrons. The minimum absolute atomic E-state index is 0.213. The van der Waals surface area contributed by atoms with Crippen molar-refractivity contribution in [2.45, 2.75) is 19.0 Å². The lowest BCUT2D eigenvalue weighted by Crippen LogP contribution is -2.15. The summed E-state index contributed by atoms with van der Waals surface area (Å²) in [5.41, 5.74) is 5.08. The molecule has 3 aromatic rings. The van der Waals surface area contributed by atoms with Crippen LogP contribution in [0.25, 0.3) is 11.3 Å². The Morgan fingerprint density at radius 2 is 1.80 bits per heavy atom. The number of rotatable bonds is 4. The van der Waals surface area contributed by atoms with Crippen LogP contribution in [0.3, 0.4) is 0 Å². The molecule has 3 rings (SSSR count). The van der Waals surface area contributed by atoms with E-state index in [1.54, 1.807) is 6.20 Å². The summed E-state index contributed by atoms with van der Waals surface area (Å²) in [5.74, 6) is -0.213. The lowest BCUT2D eigenvalue weighted by atomic mass is 10.1. The number of thioether (sulfide) groups is 1. The summed E-state index contributed by atoms with van der Waals surface area (Å²) in [6, 6.07) is 15.6. The largest absolute Gasteiger partial charge is 0.322 e. The normalized spacial score (nSPS) is 10.5. The average Bonchev–Trinajstić information content (AvgIpc) is 2.65. The van der Waals surface area contributed by atoms with E-state index in [9.17, 15) is 4.79 Å². The molecule has 5 heteroatoms. The van der Waals surface area contributed by atoms with Crippen LogP contribution in [0.15, 0.2) is 59.9 Å². The van der Waals surface area contributed by atoms with Gasteiger partial charge in [-0.15, -0.1) is 0 Å². The van der Waals surface area contributed by atoms with Crippen molar-refractivity contribution in [2.24, 2.45) is 0 Å². The zero-order chi connectivity index (χ0) is 17.8. The monoisotopic (exact) mass is 349 g/mol. The Balaban J connectivity index is 1.98. The number of aromatic nitrogens is 2. The maximum atomic E-state index is 12.8. The SMILES string of the molecule is CSc1ncc(C(=O)Nc2ccc(C)c(C)c2)c(-c2ccccc2)n1. The van der Waals surface area contributed by atoms with Crippen molar-refractivity contribution in [1.82, 2.24) is 9.97 Å². The number of nitrogens with one attached hydrogen (secondary N) is 1. The third-order valence-corrected chi connectivity index (χ3v) is 4.57. The summed E-state index contributed by atoms with van der Waals surface area (Å²) >= 11 is 1.45. The maximum absolute atomic E-state index is 12.8. The molecule has 0 atom stereocenters. The molecule has 0 aliphatic rings. The number of hydrogen-bond donors (Lipinski definition) is 1. The highest BCUT2D eigenvalue weighted by atomic mass is 32.2. The summed E-state index contributed by atoms with van der Waals surface area (Å²) < 4.78 is 0. The molecule has 0 fully saturated rings. The highest BCUT2D eigenvalue weighted by molar-refractivity contribution is 7.98. The van der Waals surface area contributed by atoms with Crippen molar-refractivity contribution in [3.8, 4) is 11.3 Å². The fourth-order valence-corrected chi connectivity index (χ4v) is 2.80. The molecule has 0 bridgehead atoms. The maximum Gasteiger partial charge on any atom is 0.259 e. The van der Waals surface area contributed by atoms with E-state index in [1.165, 1.54) is 17.3 Å². The van der Waals surface area contributed by atoms with Gasteiger partial charge >= 0.3 is 0 Å². The van der Waals surface area contributed by atoms with Gasteiger partial charge in [-0.3, -0.25) is 4.79 Å². The molecule has 1 amide bonds. The highest BCUT2D eigenvalue weighted by Crippen LogP contribution is 2.24. The molecule has 4 nitrogen and oxygen atoms in total. The Labute approximate surface area is 151 Å². The van der Waals surface area contributed by atoms with Crippen molar-refractivity contribution in [3.63, 3.8) is 0 Å². The molecule has 0 unspecified atom stereocenters. The van der Waals surface area contributed by atoms with Gasteiger partial charge in [0.2, 0.25) is 0 Å². The summed E-state index contributed by atoms with van der Waals surface area (Å²) in [6.07, 6.45) is 3.51. The van der Waals surface area contributed by atoms with E-state index in [4.69, 9.17) is 0 Å². The summed E-state index contributed by atoms with van der Waals surface area (Å²) in [4.78, 5) is 21.6. The minimum Gasteiger partial charge on any atom is -0.322 e. The zero-order valence-electron chi connectivity index (χ0n) is 14.4. The number of carbonyl (C=O) groups is 1. The molecule has 1 heterocycles. The number of amides is 1. The first-order valence-electron chi connectivity index (χ1n) is 7.93. The molecule has 2 aromatic carbocycles. The van der Waals surface area contributed by atoms with Crippen LogP contribution in [0, 0.1) is 13.8 Å². The third kappa shape index (κ3) is 3.88. The van der Waals surface area contributed by atoms with E-state index in [2.05, 4.69) is 15.3 Å². The van der Waals surface area contributed by atoms with Gasteiger partial charge in [0.25, 0.3) is 5.91 Å². The second-order valence-electron chi connectivity index (χ2n) is 5.74. The van der Waals surface area contributed by atoms with Gasteiger partial charge in [0.05, 0.1) is 11.3 Å². The van der Waals surface area contributed by atoms with Gasteiger partial charge in [-0.25, -0.2) is 9.97 Å². The lowest BCUT2D eigenvalue weighted by molar-refractivity contribution is 0.102. The molecule has 1 aromatic heterocycles. The first-order valence-corrected chi connectivity index (χ1v) is 9.16. The van der Waals surface area contributed by atoms with Gasteiger partial charge in [-0.2, -0.15) is 0 Å². The number of aryl methyl sites for hydroxylation is 2. The van der Waals surface area contributed by atoms with Gasteiger partial charge in [0, 0.05) is 17.4 Å². The second kappa shape index (κ2) is 7.49. The van der Waals surface area contributed by atoms with E-state index in [1.807, 2.05) is 68.6 Å². The van der Waals surface area contributed by atoms with E-state index < -0.39 is 0 Å². The summed E-state index contributed by atoms with van der Waals surface area (Å²) in [7, 11) is 0. The van der Waals surface area contributed by atoms with Crippen LogP contribution >= 0.6 is 11.8 Å². The highest BCUT2D eigenvalue weighted by Gasteiger charge is 2.16. The number of nitrogens with zero attached hydrogens (tertiary/aromatic N) is 2. The number of anilines is 1. The molecule has 126 valence electrons. The molecular weight excluding hydrogens is 330 g/mol. The van der Waals surface area contributed by atoms with Crippen LogP contribution in [0.2, 0.25) is 0 Å². The van der Waals surface area contributed by atoms with Crippen LogP contribution in [-0.4, -0.2) is 22.1 Å². The van der Waals surface area contributed by atoms with Crippen LogP contribution in [-0.2, 0) is 0 Å². The molecule has 1 N–H and O–H groups in total. The van der Waals surface area contributed by atoms with E-state index in [0.29, 0.717) is 16.4 Å². The fraction of sp³-hybridized carbons (Fsp3) is 0.150.